The highest BCUT2D eigenvalue weighted by Crippen LogP contribution is 2.18. The van der Waals surface area contributed by atoms with Gasteiger partial charge in [-0.25, -0.2) is 0 Å². The van der Waals surface area contributed by atoms with Crippen LogP contribution in [0.5, 0.6) is 5.75 Å². The van der Waals surface area contributed by atoms with Gasteiger partial charge in [-0.15, -0.1) is 0 Å². The number of furan rings is 1. The molecule has 3 N–H and O–H groups in total. The number of amides is 2. The number of carbonyl (C=O) groups excluding carboxylic acids is 2. The number of ether oxygens (including phenoxy) is 1. The van der Waals surface area contributed by atoms with Crippen molar-refractivity contribution in [2.75, 3.05) is 29.1 Å². The fourth-order valence-electron chi connectivity index (χ4n) is 2.67. The van der Waals surface area contributed by atoms with Gasteiger partial charge in [-0.3, -0.25) is 9.59 Å². The van der Waals surface area contributed by atoms with Gasteiger partial charge in [0.1, 0.15) is 5.75 Å². The summed E-state index contributed by atoms with van der Waals surface area (Å²) in [5, 5.41) is 8.61. The van der Waals surface area contributed by atoms with Crippen LogP contribution in [0.2, 0.25) is 0 Å². The molecule has 0 saturated heterocycles. The molecule has 0 aliphatic carbocycles. The molecule has 0 atom stereocenters. The third kappa shape index (κ3) is 6.41. The summed E-state index contributed by atoms with van der Waals surface area (Å²) in [6, 6.07) is 17.6. The highest BCUT2D eigenvalue weighted by molar-refractivity contribution is 6.02. The normalized spacial score (nSPS) is 10.3. The second-order valence-corrected chi connectivity index (χ2v) is 6.64. The largest absolute Gasteiger partial charge is 0.494 e. The monoisotopic (exact) mass is 407 g/mol. The summed E-state index contributed by atoms with van der Waals surface area (Å²) in [7, 11) is 0. The number of hydrogen-bond donors (Lipinski definition) is 3. The fourth-order valence-corrected chi connectivity index (χ4v) is 2.67. The van der Waals surface area contributed by atoms with Gasteiger partial charge in [0.25, 0.3) is 5.91 Å². The minimum absolute atomic E-state index is 0.110. The molecule has 3 rings (SSSR count). The topological polar surface area (TPSA) is 92.6 Å². The van der Waals surface area contributed by atoms with Crippen LogP contribution in [0, 0.1) is 0 Å². The van der Waals surface area contributed by atoms with Crippen molar-refractivity contribution in [3.8, 4) is 5.75 Å². The van der Waals surface area contributed by atoms with Crippen LogP contribution in [-0.2, 0) is 4.79 Å². The Bertz CT molecular complexity index is 953. The first-order valence-corrected chi connectivity index (χ1v) is 9.85. The summed E-state index contributed by atoms with van der Waals surface area (Å²) < 4.78 is 10.7. The van der Waals surface area contributed by atoms with Gasteiger partial charge in [-0.2, -0.15) is 0 Å². The molecule has 0 spiro atoms. The van der Waals surface area contributed by atoms with Gasteiger partial charge in [0.15, 0.2) is 5.76 Å². The van der Waals surface area contributed by atoms with E-state index in [0.717, 1.165) is 24.3 Å². The molecule has 1 heterocycles. The maximum absolute atomic E-state index is 12.2. The number of hydrogen-bond acceptors (Lipinski definition) is 5. The van der Waals surface area contributed by atoms with Crippen molar-refractivity contribution in [3.05, 3.63) is 72.7 Å². The summed E-state index contributed by atoms with van der Waals surface area (Å²) >= 11 is 0. The molecule has 0 aliphatic rings. The van der Waals surface area contributed by atoms with Gasteiger partial charge in [0.05, 0.1) is 19.4 Å². The number of rotatable bonds is 10. The van der Waals surface area contributed by atoms with Crippen LogP contribution in [-0.4, -0.2) is 25.0 Å². The smallest absolute Gasteiger partial charge is 0.291 e. The number of anilines is 3. The van der Waals surface area contributed by atoms with Gasteiger partial charge in [0, 0.05) is 17.1 Å². The van der Waals surface area contributed by atoms with E-state index in [1.165, 1.54) is 6.26 Å². The molecule has 30 heavy (non-hydrogen) atoms. The molecule has 1 aromatic heterocycles. The van der Waals surface area contributed by atoms with Gasteiger partial charge >= 0.3 is 0 Å². The Labute approximate surface area is 175 Å². The third-order valence-electron chi connectivity index (χ3n) is 4.22. The van der Waals surface area contributed by atoms with E-state index in [4.69, 9.17) is 9.15 Å². The molecule has 2 aromatic carbocycles. The molecule has 7 nitrogen and oxygen atoms in total. The predicted molar refractivity (Wildman–Crippen MR) is 117 cm³/mol. The van der Waals surface area contributed by atoms with E-state index in [1.54, 1.807) is 36.4 Å². The van der Waals surface area contributed by atoms with Crippen molar-refractivity contribution in [1.29, 1.82) is 0 Å². The molecule has 0 aliphatic heterocycles. The summed E-state index contributed by atoms with van der Waals surface area (Å²) in [4.78, 5) is 24.3. The second-order valence-electron chi connectivity index (χ2n) is 6.64. The summed E-state index contributed by atoms with van der Waals surface area (Å²) in [6.45, 7) is 2.93. The number of nitrogens with one attached hydrogen (secondary N) is 3. The van der Waals surface area contributed by atoms with Crippen molar-refractivity contribution < 1.29 is 18.7 Å². The van der Waals surface area contributed by atoms with Crippen LogP contribution in [0.3, 0.4) is 0 Å². The van der Waals surface area contributed by atoms with Crippen LogP contribution >= 0.6 is 0 Å². The van der Waals surface area contributed by atoms with Crippen LogP contribution in [0.1, 0.15) is 30.3 Å². The van der Waals surface area contributed by atoms with Crippen LogP contribution in [0.4, 0.5) is 17.1 Å². The highest BCUT2D eigenvalue weighted by atomic mass is 16.5. The Kier molecular flexibility index (Phi) is 7.49. The highest BCUT2D eigenvalue weighted by Gasteiger charge is 2.09. The quantitative estimate of drug-likeness (QED) is 0.421. The van der Waals surface area contributed by atoms with Gasteiger partial charge in [-0.1, -0.05) is 19.4 Å². The minimum Gasteiger partial charge on any atom is -0.494 e. The number of carbonyl (C=O) groups is 2. The van der Waals surface area contributed by atoms with Crippen molar-refractivity contribution in [2.24, 2.45) is 0 Å². The lowest BCUT2D eigenvalue weighted by Crippen LogP contribution is -2.21. The Morgan fingerprint density at radius 1 is 0.933 bits per heavy atom. The molecule has 3 aromatic rings. The molecule has 7 heteroatoms. The summed E-state index contributed by atoms with van der Waals surface area (Å²) in [5.74, 6) is 0.474. The zero-order valence-electron chi connectivity index (χ0n) is 16.8. The molecular weight excluding hydrogens is 382 g/mol. The molecule has 0 saturated carbocycles. The molecule has 0 radical (unpaired) electrons. The molecule has 156 valence electrons. The van der Waals surface area contributed by atoms with Crippen molar-refractivity contribution in [3.63, 3.8) is 0 Å². The number of unbranched alkanes of at least 4 members (excludes halogenated alkanes) is 1. The molecular formula is C23H25N3O4. The van der Waals surface area contributed by atoms with E-state index >= 15 is 0 Å². The van der Waals surface area contributed by atoms with Crippen molar-refractivity contribution in [1.82, 2.24) is 0 Å². The van der Waals surface area contributed by atoms with Crippen molar-refractivity contribution in [2.45, 2.75) is 19.8 Å². The first-order valence-electron chi connectivity index (χ1n) is 9.85. The Hall–Kier alpha value is -3.74. The van der Waals surface area contributed by atoms with Gasteiger partial charge in [-0.05, 0) is 61.0 Å². The molecule has 0 fully saturated rings. The van der Waals surface area contributed by atoms with Gasteiger partial charge < -0.3 is 25.1 Å². The number of benzene rings is 2. The zero-order chi connectivity index (χ0) is 21.2. The molecule has 0 unspecified atom stereocenters. The van der Waals surface area contributed by atoms with E-state index in [-0.39, 0.29) is 24.1 Å². The van der Waals surface area contributed by atoms with E-state index in [2.05, 4.69) is 22.9 Å². The first kappa shape index (κ1) is 21.0. The lowest BCUT2D eigenvalue weighted by atomic mass is 10.2. The Morgan fingerprint density at radius 3 is 2.40 bits per heavy atom. The predicted octanol–water partition coefficient (Wildman–Crippen LogP) is 4.76. The summed E-state index contributed by atoms with van der Waals surface area (Å²) in [5.41, 5.74) is 1.96. The SMILES string of the molecule is CCCCOc1ccc(NCC(=O)Nc2cccc(NC(=O)c3ccco3)c2)cc1. The van der Waals surface area contributed by atoms with E-state index in [9.17, 15) is 9.59 Å². The molecule has 2 amide bonds. The molecule has 0 bridgehead atoms. The van der Waals surface area contributed by atoms with E-state index in [0.29, 0.717) is 18.0 Å². The van der Waals surface area contributed by atoms with E-state index < -0.39 is 0 Å². The Balaban J connectivity index is 1.47. The second kappa shape index (κ2) is 10.7. The Morgan fingerprint density at radius 2 is 1.70 bits per heavy atom. The van der Waals surface area contributed by atoms with Crippen molar-refractivity contribution >= 4 is 28.9 Å². The average Bonchev–Trinajstić information content (AvgIpc) is 3.29. The minimum atomic E-state index is -0.354. The van der Waals surface area contributed by atoms with Gasteiger partial charge in [0.2, 0.25) is 5.91 Å². The van der Waals surface area contributed by atoms with Crippen LogP contribution < -0.4 is 20.7 Å². The fraction of sp³-hybridized carbons (Fsp3) is 0.217. The van der Waals surface area contributed by atoms with Crippen LogP contribution in [0.25, 0.3) is 0 Å². The third-order valence-corrected chi connectivity index (χ3v) is 4.22. The maximum atomic E-state index is 12.2. The standard InChI is InChI=1S/C23H25N3O4/c1-2-3-13-29-20-11-9-17(10-12-20)24-16-22(27)25-18-6-4-7-19(15-18)26-23(28)21-8-5-14-30-21/h4-12,14-15,24H,2-3,13,16H2,1H3,(H,25,27)(H,26,28). The zero-order valence-corrected chi connectivity index (χ0v) is 16.8. The first-order chi connectivity index (χ1) is 14.6. The van der Waals surface area contributed by atoms with Crippen LogP contribution in [0.15, 0.2) is 71.3 Å². The van der Waals surface area contributed by atoms with E-state index in [1.807, 2.05) is 24.3 Å². The lowest BCUT2D eigenvalue weighted by Gasteiger charge is -2.10. The summed E-state index contributed by atoms with van der Waals surface area (Å²) in [6.07, 6.45) is 3.55. The lowest BCUT2D eigenvalue weighted by molar-refractivity contribution is -0.114. The average molecular weight is 407 g/mol. The maximum Gasteiger partial charge on any atom is 0.291 e.